The van der Waals surface area contributed by atoms with Gasteiger partial charge in [0, 0.05) is 12.1 Å². The summed E-state index contributed by atoms with van der Waals surface area (Å²) in [5.74, 6) is 0. The summed E-state index contributed by atoms with van der Waals surface area (Å²) in [5, 5.41) is 11.9. The van der Waals surface area contributed by atoms with Gasteiger partial charge in [-0.3, -0.25) is 10.1 Å². The predicted octanol–water partition coefficient (Wildman–Crippen LogP) is 3.42. The molecule has 0 bridgehead atoms. The monoisotopic (exact) mass is 242 g/mol. The summed E-state index contributed by atoms with van der Waals surface area (Å²) in [6.45, 7) is 1.99. The number of fused-ring (bicyclic) bond motifs is 1. The molecule has 0 saturated carbocycles. The highest BCUT2D eigenvalue weighted by Gasteiger charge is 2.13. The number of halogens is 1. The molecule has 2 aromatic rings. The summed E-state index contributed by atoms with van der Waals surface area (Å²) in [6, 6.07) is 2.85. The Kier molecular flexibility index (Phi) is 2.58. The maximum atomic E-state index is 10.6. The molecule has 1 heterocycles. The van der Waals surface area contributed by atoms with Crippen LogP contribution in [-0.4, -0.2) is 9.91 Å². The number of hydrogen-bond donors (Lipinski definition) is 0. The van der Waals surface area contributed by atoms with Crippen molar-refractivity contribution < 1.29 is 4.92 Å². The van der Waals surface area contributed by atoms with Crippen LogP contribution in [0, 0.1) is 10.1 Å². The number of benzene rings is 1. The van der Waals surface area contributed by atoms with Gasteiger partial charge in [0.05, 0.1) is 19.7 Å². The van der Waals surface area contributed by atoms with Crippen LogP contribution in [0.2, 0.25) is 5.02 Å². The minimum Gasteiger partial charge on any atom is -0.258 e. The van der Waals surface area contributed by atoms with Crippen LogP contribution in [0.3, 0.4) is 0 Å². The molecular weight excluding hydrogens is 236 g/mol. The van der Waals surface area contributed by atoms with E-state index in [2.05, 4.69) is 4.98 Å². The van der Waals surface area contributed by atoms with Crippen LogP contribution in [0.5, 0.6) is 0 Å². The molecule has 0 N–H and O–H groups in total. The number of thiazole rings is 1. The van der Waals surface area contributed by atoms with Gasteiger partial charge < -0.3 is 0 Å². The highest BCUT2D eigenvalue weighted by Crippen LogP contribution is 2.32. The summed E-state index contributed by atoms with van der Waals surface area (Å²) in [6.07, 6.45) is 0.809. The Hall–Kier alpha value is -1.20. The number of non-ortho nitro benzene ring substituents is 1. The molecule has 0 radical (unpaired) electrons. The van der Waals surface area contributed by atoms with Gasteiger partial charge in [-0.1, -0.05) is 18.5 Å². The topological polar surface area (TPSA) is 56.0 Å². The van der Waals surface area contributed by atoms with Crippen molar-refractivity contribution >= 4 is 38.8 Å². The zero-order chi connectivity index (χ0) is 11.0. The summed E-state index contributed by atoms with van der Waals surface area (Å²) in [4.78, 5) is 14.5. The Morgan fingerprint density at radius 2 is 2.33 bits per heavy atom. The van der Waals surface area contributed by atoms with Gasteiger partial charge in [0.15, 0.2) is 0 Å². The Morgan fingerprint density at radius 1 is 1.60 bits per heavy atom. The fourth-order valence-electron chi connectivity index (χ4n) is 1.28. The molecule has 6 heteroatoms. The van der Waals surface area contributed by atoms with Crippen LogP contribution in [-0.2, 0) is 6.42 Å². The van der Waals surface area contributed by atoms with Gasteiger partial charge in [-0.05, 0) is 6.42 Å². The summed E-state index contributed by atoms with van der Waals surface area (Å²) < 4.78 is 0.769. The fraction of sp³-hybridized carbons (Fsp3) is 0.222. The van der Waals surface area contributed by atoms with E-state index in [1.54, 1.807) is 0 Å². The molecule has 0 spiro atoms. The highest BCUT2D eigenvalue weighted by atomic mass is 35.5. The third-order valence-electron chi connectivity index (χ3n) is 1.99. The lowest BCUT2D eigenvalue weighted by Crippen LogP contribution is -1.87. The smallest absolute Gasteiger partial charge is 0.258 e. The lowest BCUT2D eigenvalue weighted by molar-refractivity contribution is -0.384. The highest BCUT2D eigenvalue weighted by molar-refractivity contribution is 7.18. The number of nitrogens with zero attached hydrogens (tertiary/aromatic N) is 2. The van der Waals surface area contributed by atoms with Crippen LogP contribution < -0.4 is 0 Å². The van der Waals surface area contributed by atoms with Crippen molar-refractivity contribution in [1.82, 2.24) is 4.98 Å². The Morgan fingerprint density at radius 3 is 2.93 bits per heavy atom. The largest absolute Gasteiger partial charge is 0.272 e. The average molecular weight is 243 g/mol. The zero-order valence-electron chi connectivity index (χ0n) is 7.86. The maximum absolute atomic E-state index is 10.6. The second-order valence-corrected chi connectivity index (χ2v) is 4.52. The van der Waals surface area contributed by atoms with E-state index in [0.29, 0.717) is 10.5 Å². The number of nitro benzene ring substituents is 1. The minimum atomic E-state index is -0.448. The van der Waals surface area contributed by atoms with E-state index >= 15 is 0 Å². The van der Waals surface area contributed by atoms with Crippen molar-refractivity contribution in [3.8, 4) is 0 Å². The number of nitro groups is 1. The molecule has 4 nitrogen and oxygen atoms in total. The van der Waals surface area contributed by atoms with Crippen molar-refractivity contribution in [2.75, 3.05) is 0 Å². The molecule has 1 aromatic carbocycles. The molecule has 0 unspecified atom stereocenters. The predicted molar refractivity (Wildman–Crippen MR) is 60.7 cm³/mol. The molecule has 15 heavy (non-hydrogen) atoms. The van der Waals surface area contributed by atoms with Crippen molar-refractivity contribution in [3.05, 3.63) is 32.3 Å². The van der Waals surface area contributed by atoms with Crippen LogP contribution in [0.1, 0.15) is 11.9 Å². The first-order chi connectivity index (χ1) is 7.11. The SMILES string of the molecule is CCc1nc2c(Cl)cc([N+](=O)[O-])cc2s1. The molecule has 0 fully saturated rings. The van der Waals surface area contributed by atoms with E-state index in [-0.39, 0.29) is 5.69 Å². The second kappa shape index (κ2) is 3.75. The standard InChI is InChI=1S/C9H7ClN2O2S/c1-2-8-11-9-6(10)3-5(12(13)14)4-7(9)15-8/h3-4H,2H2,1H3. The van der Waals surface area contributed by atoms with E-state index in [1.807, 2.05) is 6.92 Å². The van der Waals surface area contributed by atoms with Crippen molar-refractivity contribution in [3.63, 3.8) is 0 Å². The normalized spacial score (nSPS) is 10.8. The molecule has 0 aliphatic rings. The van der Waals surface area contributed by atoms with E-state index in [9.17, 15) is 10.1 Å². The van der Waals surface area contributed by atoms with Crippen molar-refractivity contribution in [2.45, 2.75) is 13.3 Å². The van der Waals surface area contributed by atoms with Crippen molar-refractivity contribution in [1.29, 1.82) is 0 Å². The third kappa shape index (κ3) is 1.80. The van der Waals surface area contributed by atoms with Gasteiger partial charge in [0.25, 0.3) is 5.69 Å². The summed E-state index contributed by atoms with van der Waals surface area (Å²) in [5.41, 5.74) is 0.669. The minimum absolute atomic E-state index is 0.0128. The number of aromatic nitrogens is 1. The molecule has 0 atom stereocenters. The van der Waals surface area contributed by atoms with Crippen LogP contribution >= 0.6 is 22.9 Å². The van der Waals surface area contributed by atoms with Crippen LogP contribution in [0.15, 0.2) is 12.1 Å². The molecule has 0 saturated heterocycles. The van der Waals surface area contributed by atoms with Crippen molar-refractivity contribution in [2.24, 2.45) is 0 Å². The van der Waals surface area contributed by atoms with Gasteiger partial charge in [-0.25, -0.2) is 4.98 Å². The number of aryl methyl sites for hydroxylation is 1. The maximum Gasteiger partial charge on any atom is 0.272 e. The van der Waals surface area contributed by atoms with Gasteiger partial charge in [-0.2, -0.15) is 0 Å². The second-order valence-electron chi connectivity index (χ2n) is 2.99. The van der Waals surface area contributed by atoms with E-state index in [0.717, 1.165) is 16.1 Å². The molecule has 1 aromatic heterocycles. The van der Waals surface area contributed by atoms with Gasteiger partial charge in [0.1, 0.15) is 5.52 Å². The third-order valence-corrected chi connectivity index (χ3v) is 3.43. The molecule has 0 amide bonds. The Bertz CT molecular complexity index is 538. The molecule has 0 aliphatic carbocycles. The lowest BCUT2D eigenvalue weighted by atomic mass is 10.3. The molecule has 78 valence electrons. The van der Waals surface area contributed by atoms with Crippen LogP contribution in [0.25, 0.3) is 10.2 Å². The van der Waals surface area contributed by atoms with Crippen LogP contribution in [0.4, 0.5) is 5.69 Å². The first kappa shape index (κ1) is 10.3. The first-order valence-electron chi connectivity index (χ1n) is 4.35. The fourth-order valence-corrected chi connectivity index (χ4v) is 2.56. The van der Waals surface area contributed by atoms with Gasteiger partial charge in [-0.15, -0.1) is 11.3 Å². The molecule has 2 rings (SSSR count). The number of rotatable bonds is 2. The quantitative estimate of drug-likeness (QED) is 0.599. The zero-order valence-corrected chi connectivity index (χ0v) is 9.43. The molecular formula is C9H7ClN2O2S. The Labute approximate surface area is 94.7 Å². The van der Waals surface area contributed by atoms with E-state index < -0.39 is 4.92 Å². The van der Waals surface area contributed by atoms with Gasteiger partial charge >= 0.3 is 0 Å². The average Bonchev–Trinajstić information content (AvgIpc) is 2.61. The van der Waals surface area contributed by atoms with Gasteiger partial charge in [0.2, 0.25) is 0 Å². The van der Waals surface area contributed by atoms with E-state index in [4.69, 9.17) is 11.6 Å². The Balaban J connectivity index is 2.70. The molecule has 0 aliphatic heterocycles. The van der Waals surface area contributed by atoms with E-state index in [1.165, 1.54) is 23.5 Å². The first-order valence-corrected chi connectivity index (χ1v) is 5.54. The number of hydrogen-bond acceptors (Lipinski definition) is 4. The lowest BCUT2D eigenvalue weighted by Gasteiger charge is -1.93. The summed E-state index contributed by atoms with van der Waals surface area (Å²) in [7, 11) is 0. The summed E-state index contributed by atoms with van der Waals surface area (Å²) >= 11 is 7.36.